The van der Waals surface area contributed by atoms with Crippen LogP contribution in [-0.4, -0.2) is 28.4 Å². The second-order valence-electron chi connectivity index (χ2n) is 4.55. The summed E-state index contributed by atoms with van der Waals surface area (Å²) < 4.78 is 0. The van der Waals surface area contributed by atoms with Crippen LogP contribution < -0.4 is 10.4 Å². The number of nitrogens with one attached hydrogen (secondary N) is 2. The van der Waals surface area contributed by atoms with Gasteiger partial charge < -0.3 is 4.98 Å². The molecule has 0 unspecified atom stereocenters. The number of nitriles is 1. The quantitative estimate of drug-likeness (QED) is 0.352. The number of anilines is 1. The molecule has 120 valence electrons. The fourth-order valence-corrected chi connectivity index (χ4v) is 2.59. The minimum absolute atomic E-state index is 0.341. The first-order valence-corrected chi connectivity index (χ1v) is 8.11. The van der Waals surface area contributed by atoms with Gasteiger partial charge in [0.2, 0.25) is 0 Å². The van der Waals surface area contributed by atoms with Crippen molar-refractivity contribution in [2.45, 2.75) is 12.7 Å². The fraction of sp³-hybridized carbons (Fsp3) is 0.267. The van der Waals surface area contributed by atoms with Crippen molar-refractivity contribution >= 4 is 23.5 Å². The molecule has 2 aromatic rings. The molecule has 8 heteroatoms. The largest absolute Gasteiger partial charge is 0.359 e. The normalized spacial score (nSPS) is 10.1. The highest BCUT2D eigenvalue weighted by atomic mass is 32.2. The first-order valence-electron chi connectivity index (χ1n) is 6.95. The van der Waals surface area contributed by atoms with Crippen molar-refractivity contribution in [2.24, 2.45) is 0 Å². The van der Waals surface area contributed by atoms with Crippen molar-refractivity contribution in [1.82, 2.24) is 15.4 Å². The number of urea groups is 1. The van der Waals surface area contributed by atoms with E-state index in [1.165, 1.54) is 0 Å². The van der Waals surface area contributed by atoms with Crippen molar-refractivity contribution in [3.8, 4) is 6.19 Å². The van der Waals surface area contributed by atoms with Crippen molar-refractivity contribution in [2.75, 3.05) is 17.3 Å². The molecule has 2 N–H and O–H groups in total. The second kappa shape index (κ2) is 8.82. The van der Waals surface area contributed by atoms with Gasteiger partial charge in [0, 0.05) is 17.2 Å². The zero-order valence-corrected chi connectivity index (χ0v) is 13.5. The lowest BCUT2D eigenvalue weighted by atomic mass is 10.3. The summed E-state index contributed by atoms with van der Waals surface area (Å²) in [7, 11) is 0. The van der Waals surface area contributed by atoms with E-state index in [1.807, 2.05) is 19.2 Å². The standard InChI is InChI=1S/C15H17N5O2S/c1-12-14(18-11-17-12)9-23-8-7-22-19-15(21)20(10-16)13-5-3-2-4-6-13/h2-6,11H,7-9H2,1H3,(H,17,18)(H,19,21). The minimum atomic E-state index is -0.619. The molecule has 0 aliphatic carbocycles. The number of benzene rings is 1. The fourth-order valence-electron chi connectivity index (χ4n) is 1.76. The van der Waals surface area contributed by atoms with Crippen LogP contribution >= 0.6 is 11.8 Å². The van der Waals surface area contributed by atoms with Crippen LogP contribution in [0.5, 0.6) is 0 Å². The van der Waals surface area contributed by atoms with Gasteiger partial charge in [-0.3, -0.25) is 4.84 Å². The number of carbonyl (C=O) groups is 1. The van der Waals surface area contributed by atoms with Crippen LogP contribution in [0.2, 0.25) is 0 Å². The first-order chi connectivity index (χ1) is 11.2. The Balaban J connectivity index is 1.66. The maximum Gasteiger partial charge on any atom is 0.359 e. The van der Waals surface area contributed by atoms with Gasteiger partial charge in [-0.05, 0) is 19.1 Å². The zero-order chi connectivity index (χ0) is 16.5. The van der Waals surface area contributed by atoms with Crippen LogP contribution in [0.15, 0.2) is 36.7 Å². The van der Waals surface area contributed by atoms with Gasteiger partial charge in [0.15, 0.2) is 6.19 Å². The molecule has 0 atom stereocenters. The number of aromatic amines is 1. The molecule has 2 rings (SSSR count). The summed E-state index contributed by atoms with van der Waals surface area (Å²) in [6, 6.07) is 8.04. The van der Waals surface area contributed by atoms with E-state index < -0.39 is 6.03 Å². The number of carbonyl (C=O) groups excluding carboxylic acids is 1. The molecule has 1 aromatic carbocycles. The molecule has 7 nitrogen and oxygen atoms in total. The summed E-state index contributed by atoms with van der Waals surface area (Å²) in [4.78, 5) is 25.1. The maximum absolute atomic E-state index is 11.9. The SMILES string of the molecule is Cc1[nH]cnc1CSCCONC(=O)N(C#N)c1ccccc1. The van der Waals surface area contributed by atoms with Gasteiger partial charge in [0.05, 0.1) is 24.3 Å². The number of hydrogen-bond donors (Lipinski definition) is 2. The monoisotopic (exact) mass is 331 g/mol. The number of hydroxylamine groups is 1. The Hall–Kier alpha value is -2.50. The number of imidazole rings is 1. The third-order valence-corrected chi connectivity index (χ3v) is 3.91. The second-order valence-corrected chi connectivity index (χ2v) is 5.66. The molecule has 1 aromatic heterocycles. The van der Waals surface area contributed by atoms with E-state index in [9.17, 15) is 4.79 Å². The third-order valence-electron chi connectivity index (χ3n) is 2.98. The number of aromatic nitrogens is 2. The smallest absolute Gasteiger partial charge is 0.348 e. The van der Waals surface area contributed by atoms with Gasteiger partial charge in [-0.15, -0.1) is 0 Å². The number of rotatable bonds is 7. The molecule has 0 saturated carbocycles. The summed E-state index contributed by atoms with van der Waals surface area (Å²) in [5.41, 5.74) is 4.82. The van der Waals surface area contributed by atoms with E-state index in [2.05, 4.69) is 15.4 Å². The number of H-pyrrole nitrogens is 1. The highest BCUT2D eigenvalue weighted by molar-refractivity contribution is 7.98. The van der Waals surface area contributed by atoms with E-state index in [-0.39, 0.29) is 0 Å². The van der Waals surface area contributed by atoms with E-state index in [4.69, 9.17) is 10.1 Å². The predicted octanol–water partition coefficient (Wildman–Crippen LogP) is 2.58. The first kappa shape index (κ1) is 16.9. The minimum Gasteiger partial charge on any atom is -0.348 e. The number of amides is 2. The highest BCUT2D eigenvalue weighted by Crippen LogP contribution is 2.13. The molecule has 0 aliphatic rings. The van der Waals surface area contributed by atoms with E-state index in [0.29, 0.717) is 18.0 Å². The Labute approximate surface area is 138 Å². The van der Waals surface area contributed by atoms with Crippen molar-refractivity contribution in [3.63, 3.8) is 0 Å². The van der Waals surface area contributed by atoms with Crippen molar-refractivity contribution in [1.29, 1.82) is 5.26 Å². The van der Waals surface area contributed by atoms with Gasteiger partial charge in [0.25, 0.3) is 0 Å². The molecule has 1 heterocycles. The van der Waals surface area contributed by atoms with E-state index in [0.717, 1.165) is 22.0 Å². The molecule has 0 radical (unpaired) electrons. The highest BCUT2D eigenvalue weighted by Gasteiger charge is 2.14. The van der Waals surface area contributed by atoms with E-state index >= 15 is 0 Å². The lowest BCUT2D eigenvalue weighted by Gasteiger charge is -2.14. The van der Waals surface area contributed by atoms with Gasteiger partial charge in [-0.2, -0.15) is 21.9 Å². The topological polar surface area (TPSA) is 94.0 Å². The number of aryl methyl sites for hydroxylation is 1. The van der Waals surface area contributed by atoms with Gasteiger partial charge in [-0.25, -0.2) is 15.3 Å². The lowest BCUT2D eigenvalue weighted by molar-refractivity contribution is 0.0760. The summed E-state index contributed by atoms with van der Waals surface area (Å²) in [6.45, 7) is 2.31. The van der Waals surface area contributed by atoms with Crippen LogP contribution in [0.25, 0.3) is 0 Å². The molecular weight excluding hydrogens is 314 g/mol. The Kier molecular flexibility index (Phi) is 6.47. The molecule has 0 aliphatic heterocycles. The average Bonchev–Trinajstić information content (AvgIpc) is 2.97. The van der Waals surface area contributed by atoms with Crippen LogP contribution in [0.1, 0.15) is 11.4 Å². The Bertz CT molecular complexity index is 668. The predicted molar refractivity (Wildman–Crippen MR) is 88.5 cm³/mol. The van der Waals surface area contributed by atoms with E-state index in [1.54, 1.807) is 42.4 Å². The number of para-hydroxylation sites is 1. The van der Waals surface area contributed by atoms with Gasteiger partial charge in [-0.1, -0.05) is 18.2 Å². The molecule has 23 heavy (non-hydrogen) atoms. The summed E-state index contributed by atoms with van der Waals surface area (Å²) >= 11 is 1.65. The van der Waals surface area contributed by atoms with Crippen LogP contribution in [0, 0.1) is 18.4 Å². The Morgan fingerprint density at radius 1 is 1.48 bits per heavy atom. The summed E-state index contributed by atoms with van der Waals surface area (Å²) in [5.74, 6) is 1.48. The molecular formula is C15H17N5O2S. The van der Waals surface area contributed by atoms with Gasteiger partial charge in [0.1, 0.15) is 0 Å². The Morgan fingerprint density at radius 3 is 2.91 bits per heavy atom. The third kappa shape index (κ3) is 5.02. The van der Waals surface area contributed by atoms with Crippen LogP contribution in [0.3, 0.4) is 0 Å². The van der Waals surface area contributed by atoms with Crippen molar-refractivity contribution in [3.05, 3.63) is 48.0 Å². The number of hydrogen-bond acceptors (Lipinski definition) is 5. The van der Waals surface area contributed by atoms with Crippen LogP contribution in [-0.2, 0) is 10.6 Å². The van der Waals surface area contributed by atoms with Gasteiger partial charge >= 0.3 is 6.03 Å². The lowest BCUT2D eigenvalue weighted by Crippen LogP contribution is -2.37. The molecule has 0 fully saturated rings. The number of nitrogens with zero attached hydrogens (tertiary/aromatic N) is 3. The average molecular weight is 331 g/mol. The zero-order valence-electron chi connectivity index (χ0n) is 12.7. The Morgan fingerprint density at radius 2 is 2.26 bits per heavy atom. The maximum atomic E-state index is 11.9. The van der Waals surface area contributed by atoms with Crippen molar-refractivity contribution < 1.29 is 9.63 Å². The molecule has 0 bridgehead atoms. The summed E-state index contributed by atoms with van der Waals surface area (Å²) in [5, 5.41) is 9.07. The summed E-state index contributed by atoms with van der Waals surface area (Å²) in [6.07, 6.45) is 3.49. The molecule has 2 amide bonds. The number of thioether (sulfide) groups is 1. The molecule has 0 saturated heterocycles. The van der Waals surface area contributed by atoms with Crippen LogP contribution in [0.4, 0.5) is 10.5 Å². The molecule has 0 spiro atoms.